The van der Waals surface area contributed by atoms with Crippen LogP contribution in [0.2, 0.25) is 0 Å². The fourth-order valence-electron chi connectivity index (χ4n) is 4.24. The molecule has 37 heavy (non-hydrogen) atoms. The third kappa shape index (κ3) is 6.07. The molecular formula is C26H28F4N6O. The van der Waals surface area contributed by atoms with Crippen molar-refractivity contribution in [1.29, 1.82) is 0 Å². The van der Waals surface area contributed by atoms with Crippen LogP contribution < -0.4 is 17.2 Å². The number of rotatable bonds is 10. The van der Waals surface area contributed by atoms with E-state index in [1.54, 1.807) is 12.1 Å². The lowest BCUT2D eigenvalue weighted by Gasteiger charge is -2.22. The minimum absolute atomic E-state index is 0.0591. The Morgan fingerprint density at radius 3 is 2.35 bits per heavy atom. The van der Waals surface area contributed by atoms with E-state index in [4.69, 9.17) is 11.5 Å². The van der Waals surface area contributed by atoms with Gasteiger partial charge in [0.1, 0.15) is 11.5 Å². The number of hydrogen-bond acceptors (Lipinski definition) is 5. The number of alkyl halides is 3. The molecule has 4 rings (SSSR count). The number of nitrogens with one attached hydrogen (secondary N) is 1. The van der Waals surface area contributed by atoms with Gasteiger partial charge in [-0.15, -0.1) is 0 Å². The second-order valence-electron chi connectivity index (χ2n) is 8.76. The normalized spacial score (nSPS) is 12.1. The largest absolute Gasteiger partial charge is 0.417 e. The van der Waals surface area contributed by atoms with E-state index in [1.165, 1.54) is 41.1 Å². The quantitative estimate of drug-likeness (QED) is 0.276. The lowest BCUT2D eigenvalue weighted by Crippen LogP contribution is -2.29. The Hall–Kier alpha value is -3.54. The van der Waals surface area contributed by atoms with Gasteiger partial charge in [0.05, 0.1) is 11.3 Å². The maximum absolute atomic E-state index is 15.0. The van der Waals surface area contributed by atoms with Crippen LogP contribution in [0.5, 0.6) is 0 Å². The average molecular weight is 517 g/mol. The van der Waals surface area contributed by atoms with Crippen LogP contribution in [0.1, 0.15) is 24.0 Å². The van der Waals surface area contributed by atoms with Gasteiger partial charge in [-0.2, -0.15) is 18.2 Å². The zero-order valence-electron chi connectivity index (χ0n) is 20.1. The molecule has 4 aromatic rings. The summed E-state index contributed by atoms with van der Waals surface area (Å²) in [5.41, 5.74) is 10.7. The number of fused-ring (bicyclic) bond motifs is 1. The second kappa shape index (κ2) is 11.2. The highest BCUT2D eigenvalue weighted by molar-refractivity contribution is 5.83. The number of aromatic amines is 1. The van der Waals surface area contributed by atoms with Crippen molar-refractivity contribution in [3.8, 4) is 16.9 Å². The van der Waals surface area contributed by atoms with Crippen molar-refractivity contribution in [1.82, 2.24) is 19.4 Å². The summed E-state index contributed by atoms with van der Waals surface area (Å²) in [5.74, 6) is -0.483. The average Bonchev–Trinajstić information content (AvgIpc) is 3.28. The molecule has 196 valence electrons. The summed E-state index contributed by atoms with van der Waals surface area (Å²) in [4.78, 5) is 21.6. The zero-order valence-corrected chi connectivity index (χ0v) is 20.1. The topological polar surface area (TPSA) is 106 Å². The summed E-state index contributed by atoms with van der Waals surface area (Å²) >= 11 is 0. The molecule has 0 bridgehead atoms. The molecule has 0 spiro atoms. The van der Waals surface area contributed by atoms with E-state index in [0.29, 0.717) is 43.7 Å². The fourth-order valence-corrected chi connectivity index (χ4v) is 4.24. The molecule has 0 aliphatic carbocycles. The molecule has 0 saturated heterocycles. The van der Waals surface area contributed by atoms with Gasteiger partial charge in [0.25, 0.3) is 0 Å². The number of benzene rings is 2. The number of halogens is 4. The summed E-state index contributed by atoms with van der Waals surface area (Å²) in [6.07, 6.45) is -1.56. The van der Waals surface area contributed by atoms with Gasteiger partial charge < -0.3 is 16.5 Å². The molecule has 0 aliphatic rings. The summed E-state index contributed by atoms with van der Waals surface area (Å²) in [5, 5.41) is 0.408. The van der Waals surface area contributed by atoms with Crippen molar-refractivity contribution in [3.63, 3.8) is 0 Å². The monoisotopic (exact) mass is 516 g/mol. The highest BCUT2D eigenvalue weighted by Gasteiger charge is 2.33. The molecule has 0 radical (unpaired) electrons. The Kier molecular flexibility index (Phi) is 8.06. The maximum atomic E-state index is 15.0. The van der Waals surface area contributed by atoms with Crippen LogP contribution in [-0.2, 0) is 12.7 Å². The van der Waals surface area contributed by atoms with Crippen LogP contribution in [0, 0.1) is 5.82 Å². The first-order valence-electron chi connectivity index (χ1n) is 11.9. The minimum Gasteiger partial charge on any atom is -0.339 e. The predicted molar refractivity (Wildman–Crippen MR) is 135 cm³/mol. The number of hydrogen-bond donors (Lipinski definition) is 3. The second-order valence-corrected chi connectivity index (χ2v) is 8.76. The Morgan fingerprint density at radius 1 is 1.00 bits per heavy atom. The van der Waals surface area contributed by atoms with Gasteiger partial charge in [-0.1, -0.05) is 24.3 Å². The highest BCUT2D eigenvalue weighted by atomic mass is 19.4. The number of aromatic nitrogens is 3. The van der Waals surface area contributed by atoms with Gasteiger partial charge >= 0.3 is 11.9 Å². The molecule has 2 heterocycles. The van der Waals surface area contributed by atoms with Crippen molar-refractivity contribution in [2.45, 2.75) is 25.6 Å². The predicted octanol–water partition coefficient (Wildman–Crippen LogP) is 4.04. The van der Waals surface area contributed by atoms with Crippen LogP contribution >= 0.6 is 0 Å². The molecule has 7 nitrogen and oxygen atoms in total. The van der Waals surface area contributed by atoms with Crippen molar-refractivity contribution in [2.24, 2.45) is 11.5 Å². The van der Waals surface area contributed by atoms with Crippen LogP contribution in [0.15, 0.2) is 59.5 Å². The van der Waals surface area contributed by atoms with E-state index in [-0.39, 0.29) is 22.6 Å². The molecule has 2 aromatic heterocycles. The van der Waals surface area contributed by atoms with E-state index in [1.807, 2.05) is 0 Å². The van der Waals surface area contributed by atoms with E-state index in [9.17, 15) is 18.0 Å². The Bertz CT molecular complexity index is 1420. The molecule has 0 atom stereocenters. The highest BCUT2D eigenvalue weighted by Crippen LogP contribution is 2.37. The van der Waals surface area contributed by atoms with Gasteiger partial charge in [0, 0.05) is 34.9 Å². The van der Waals surface area contributed by atoms with Crippen molar-refractivity contribution >= 4 is 11.0 Å². The molecule has 0 amide bonds. The number of nitrogens with zero attached hydrogens (tertiary/aromatic N) is 3. The van der Waals surface area contributed by atoms with E-state index in [0.717, 1.165) is 18.9 Å². The van der Waals surface area contributed by atoms with Gasteiger partial charge in [0.2, 0.25) is 0 Å². The summed E-state index contributed by atoms with van der Waals surface area (Å²) in [6, 6.07) is 11.1. The fraction of sp³-hybridized carbons (Fsp3) is 0.308. The van der Waals surface area contributed by atoms with E-state index in [2.05, 4.69) is 14.9 Å². The Labute approximate surface area is 210 Å². The van der Waals surface area contributed by atoms with Crippen LogP contribution in [-0.4, -0.2) is 45.6 Å². The summed E-state index contributed by atoms with van der Waals surface area (Å²) < 4.78 is 56.6. The molecule has 0 fully saturated rings. The lowest BCUT2D eigenvalue weighted by atomic mass is 10.0. The van der Waals surface area contributed by atoms with Crippen molar-refractivity contribution in [2.75, 3.05) is 26.2 Å². The molecular weight excluding hydrogens is 488 g/mol. The minimum atomic E-state index is -4.55. The molecule has 0 aliphatic heterocycles. The first-order valence-corrected chi connectivity index (χ1v) is 11.9. The molecule has 5 N–H and O–H groups in total. The molecule has 11 heteroatoms. The van der Waals surface area contributed by atoms with Crippen LogP contribution in [0.25, 0.3) is 28.0 Å². The first-order chi connectivity index (χ1) is 17.7. The third-order valence-electron chi connectivity index (χ3n) is 6.10. The van der Waals surface area contributed by atoms with Gasteiger partial charge in [-0.05, 0) is 63.3 Å². The zero-order chi connectivity index (χ0) is 26.6. The van der Waals surface area contributed by atoms with Crippen molar-refractivity contribution in [3.05, 3.63) is 82.2 Å². The van der Waals surface area contributed by atoms with Crippen LogP contribution in [0.3, 0.4) is 0 Å². The van der Waals surface area contributed by atoms with Crippen LogP contribution in [0.4, 0.5) is 17.6 Å². The Morgan fingerprint density at radius 2 is 1.70 bits per heavy atom. The number of H-pyrrole nitrogens is 1. The number of nitrogens with two attached hydrogens (primary N) is 2. The van der Waals surface area contributed by atoms with Crippen molar-refractivity contribution < 1.29 is 17.6 Å². The smallest absolute Gasteiger partial charge is 0.339 e. The van der Waals surface area contributed by atoms with E-state index >= 15 is 4.39 Å². The SMILES string of the molecule is NCCCN(CCCN)Cc1ccc(-n2cc3cc(-c4ccccc4C(F)(F)F)[nH]c3nc2=O)cc1F. The lowest BCUT2D eigenvalue weighted by molar-refractivity contribution is -0.137. The third-order valence-corrected chi connectivity index (χ3v) is 6.10. The van der Waals surface area contributed by atoms with Gasteiger partial charge in [-0.3, -0.25) is 9.47 Å². The Balaban J connectivity index is 1.65. The maximum Gasteiger partial charge on any atom is 0.417 e. The molecule has 0 unspecified atom stereocenters. The van der Waals surface area contributed by atoms with E-state index < -0.39 is 23.2 Å². The molecule has 2 aromatic carbocycles. The van der Waals surface area contributed by atoms with Gasteiger partial charge in [-0.25, -0.2) is 9.18 Å². The first kappa shape index (κ1) is 26.5. The summed E-state index contributed by atoms with van der Waals surface area (Å²) in [7, 11) is 0. The summed E-state index contributed by atoms with van der Waals surface area (Å²) in [6.45, 7) is 2.86. The molecule has 0 saturated carbocycles. The van der Waals surface area contributed by atoms with Gasteiger partial charge in [0.15, 0.2) is 0 Å². The standard InChI is InChI=1S/C26H28F4N6O/c27-22-14-19(8-7-17(22)15-35(11-3-9-31)12-4-10-32)36-16-18-13-23(33-24(18)34-25(36)37)20-5-1-2-6-21(20)26(28,29)30/h1-2,5-8,13-14,16H,3-4,9-12,15,31-32H2,(H,33,34,37).